The molecule has 6 heteroatoms. The van der Waals surface area contributed by atoms with E-state index >= 15 is 0 Å². The standard InChI is InChI=1S/C15H27N3O2S/c1-5-16-21(19,20)17-12-15(18(6-2)7-3)14-10-8-13(4)9-11-14/h8-11,15-17H,5-7,12H2,1-4H3. The maximum Gasteiger partial charge on any atom is 0.276 e. The summed E-state index contributed by atoms with van der Waals surface area (Å²) >= 11 is 0. The Morgan fingerprint density at radius 3 is 2.10 bits per heavy atom. The summed E-state index contributed by atoms with van der Waals surface area (Å²) in [4.78, 5) is 2.25. The molecule has 0 spiro atoms. The van der Waals surface area contributed by atoms with E-state index in [2.05, 4.69) is 52.5 Å². The van der Waals surface area contributed by atoms with E-state index in [0.717, 1.165) is 18.7 Å². The van der Waals surface area contributed by atoms with Gasteiger partial charge in [-0.2, -0.15) is 8.42 Å². The molecule has 1 aromatic carbocycles. The third-order valence-corrected chi connectivity index (χ3v) is 4.73. The fraction of sp³-hybridized carbons (Fsp3) is 0.600. The summed E-state index contributed by atoms with van der Waals surface area (Å²) in [6.45, 7) is 10.5. The summed E-state index contributed by atoms with van der Waals surface area (Å²) in [6.07, 6.45) is 0. The Labute approximate surface area is 128 Å². The minimum absolute atomic E-state index is 0.0361. The zero-order valence-corrected chi connectivity index (χ0v) is 14.2. The summed E-state index contributed by atoms with van der Waals surface area (Å²) in [5.74, 6) is 0. The molecule has 0 heterocycles. The highest BCUT2D eigenvalue weighted by Crippen LogP contribution is 2.20. The molecule has 0 aliphatic carbocycles. The molecule has 5 nitrogen and oxygen atoms in total. The lowest BCUT2D eigenvalue weighted by Gasteiger charge is -2.30. The van der Waals surface area contributed by atoms with Crippen LogP contribution in [0.1, 0.15) is 37.9 Å². The smallest absolute Gasteiger partial charge is 0.276 e. The molecule has 0 bridgehead atoms. The van der Waals surface area contributed by atoms with Gasteiger partial charge in [-0.3, -0.25) is 4.90 Å². The third kappa shape index (κ3) is 5.74. The van der Waals surface area contributed by atoms with Crippen LogP contribution in [0.2, 0.25) is 0 Å². The van der Waals surface area contributed by atoms with Crippen molar-refractivity contribution in [2.75, 3.05) is 26.2 Å². The summed E-state index contributed by atoms with van der Waals surface area (Å²) in [5, 5.41) is 0. The van der Waals surface area contributed by atoms with E-state index in [1.165, 1.54) is 5.56 Å². The van der Waals surface area contributed by atoms with Crippen LogP contribution in [0.4, 0.5) is 0 Å². The van der Waals surface area contributed by atoms with Crippen molar-refractivity contribution in [3.05, 3.63) is 35.4 Å². The van der Waals surface area contributed by atoms with Gasteiger partial charge in [-0.25, -0.2) is 9.44 Å². The van der Waals surface area contributed by atoms with Crippen molar-refractivity contribution in [2.24, 2.45) is 0 Å². The molecule has 1 unspecified atom stereocenters. The van der Waals surface area contributed by atoms with Crippen molar-refractivity contribution in [1.82, 2.24) is 14.3 Å². The first-order valence-corrected chi connectivity index (χ1v) is 8.96. The Morgan fingerprint density at radius 2 is 1.62 bits per heavy atom. The van der Waals surface area contributed by atoms with E-state index in [1.807, 2.05) is 6.92 Å². The van der Waals surface area contributed by atoms with Crippen molar-refractivity contribution in [3.8, 4) is 0 Å². The number of hydrogen-bond donors (Lipinski definition) is 2. The second-order valence-corrected chi connectivity index (χ2v) is 6.58. The highest BCUT2D eigenvalue weighted by Gasteiger charge is 2.20. The predicted octanol–water partition coefficient (Wildman–Crippen LogP) is 1.82. The quantitative estimate of drug-likeness (QED) is 0.731. The number of rotatable bonds is 9. The fourth-order valence-corrected chi connectivity index (χ4v) is 3.20. The second-order valence-electron chi connectivity index (χ2n) is 5.00. The highest BCUT2D eigenvalue weighted by molar-refractivity contribution is 7.87. The average molecular weight is 313 g/mol. The molecule has 0 amide bonds. The molecule has 0 aliphatic rings. The van der Waals surface area contributed by atoms with E-state index in [9.17, 15) is 8.42 Å². The first-order valence-electron chi connectivity index (χ1n) is 7.48. The number of nitrogens with one attached hydrogen (secondary N) is 2. The number of hydrogen-bond acceptors (Lipinski definition) is 3. The van der Waals surface area contributed by atoms with Crippen LogP contribution in [-0.2, 0) is 10.2 Å². The zero-order valence-electron chi connectivity index (χ0n) is 13.4. The van der Waals surface area contributed by atoms with Gasteiger partial charge < -0.3 is 0 Å². The first-order chi connectivity index (χ1) is 9.93. The van der Waals surface area contributed by atoms with Gasteiger partial charge in [-0.1, -0.05) is 50.6 Å². The van der Waals surface area contributed by atoms with Crippen LogP contribution in [0.15, 0.2) is 24.3 Å². The SMILES string of the molecule is CCNS(=O)(=O)NCC(c1ccc(C)cc1)N(CC)CC. The van der Waals surface area contributed by atoms with Gasteiger partial charge in [0.15, 0.2) is 0 Å². The highest BCUT2D eigenvalue weighted by atomic mass is 32.2. The van der Waals surface area contributed by atoms with Gasteiger partial charge in [-0.05, 0) is 25.6 Å². The topological polar surface area (TPSA) is 61.4 Å². The monoisotopic (exact) mass is 313 g/mol. The molecule has 1 aromatic rings. The summed E-state index contributed by atoms with van der Waals surface area (Å²) < 4.78 is 28.7. The first kappa shape index (κ1) is 18.1. The normalized spacial score (nSPS) is 13.6. The summed E-state index contributed by atoms with van der Waals surface area (Å²) in [5.41, 5.74) is 2.33. The van der Waals surface area contributed by atoms with Crippen molar-refractivity contribution in [3.63, 3.8) is 0 Å². The maximum absolute atomic E-state index is 11.8. The maximum atomic E-state index is 11.8. The van der Waals surface area contributed by atoms with Gasteiger partial charge in [0.2, 0.25) is 0 Å². The van der Waals surface area contributed by atoms with Crippen LogP contribution in [0, 0.1) is 6.92 Å². The molecule has 1 rings (SSSR count). The second kappa shape index (κ2) is 8.48. The van der Waals surface area contributed by atoms with E-state index < -0.39 is 10.2 Å². The average Bonchev–Trinajstić information content (AvgIpc) is 2.44. The van der Waals surface area contributed by atoms with Crippen LogP contribution in [0.25, 0.3) is 0 Å². The van der Waals surface area contributed by atoms with Crippen LogP contribution < -0.4 is 9.44 Å². The van der Waals surface area contributed by atoms with E-state index in [0.29, 0.717) is 13.1 Å². The lowest BCUT2D eigenvalue weighted by molar-refractivity contribution is 0.220. The van der Waals surface area contributed by atoms with Crippen LogP contribution >= 0.6 is 0 Å². The molecule has 21 heavy (non-hydrogen) atoms. The minimum atomic E-state index is -3.42. The Morgan fingerprint density at radius 1 is 1.05 bits per heavy atom. The lowest BCUT2D eigenvalue weighted by Crippen LogP contribution is -2.42. The van der Waals surface area contributed by atoms with Gasteiger partial charge in [-0.15, -0.1) is 0 Å². The van der Waals surface area contributed by atoms with Crippen LogP contribution in [-0.4, -0.2) is 39.5 Å². The summed E-state index contributed by atoms with van der Waals surface area (Å²) in [7, 11) is -3.42. The minimum Gasteiger partial charge on any atom is -0.296 e. The molecule has 2 N–H and O–H groups in total. The Hall–Kier alpha value is -0.950. The van der Waals surface area contributed by atoms with Crippen LogP contribution in [0.5, 0.6) is 0 Å². The summed E-state index contributed by atoms with van der Waals surface area (Å²) in [6, 6.07) is 8.30. The number of benzene rings is 1. The molecule has 0 aliphatic heterocycles. The number of aryl methyl sites for hydroxylation is 1. The lowest BCUT2D eigenvalue weighted by atomic mass is 10.0. The molecule has 0 saturated carbocycles. The van der Waals surface area contributed by atoms with Crippen molar-refractivity contribution >= 4 is 10.2 Å². The van der Waals surface area contributed by atoms with E-state index in [4.69, 9.17) is 0 Å². The molecular weight excluding hydrogens is 286 g/mol. The van der Waals surface area contributed by atoms with Crippen molar-refractivity contribution in [1.29, 1.82) is 0 Å². The van der Waals surface area contributed by atoms with Gasteiger partial charge >= 0.3 is 0 Å². The van der Waals surface area contributed by atoms with Crippen LogP contribution in [0.3, 0.4) is 0 Å². The molecule has 0 fully saturated rings. The Bertz CT molecular complexity index is 510. The molecule has 0 aromatic heterocycles. The van der Waals surface area contributed by atoms with Gasteiger partial charge in [0.1, 0.15) is 0 Å². The van der Waals surface area contributed by atoms with E-state index in [1.54, 1.807) is 6.92 Å². The van der Waals surface area contributed by atoms with Gasteiger partial charge in [0.25, 0.3) is 10.2 Å². The Balaban J connectivity index is 2.90. The van der Waals surface area contributed by atoms with Gasteiger partial charge in [0.05, 0.1) is 0 Å². The zero-order chi connectivity index (χ0) is 15.9. The molecular formula is C15H27N3O2S. The van der Waals surface area contributed by atoms with Crippen molar-refractivity contribution in [2.45, 2.75) is 33.7 Å². The molecule has 1 atom stereocenters. The third-order valence-electron chi connectivity index (χ3n) is 3.52. The largest absolute Gasteiger partial charge is 0.296 e. The number of likely N-dealkylation sites (N-methyl/N-ethyl adjacent to an activating group) is 1. The molecule has 120 valence electrons. The Kier molecular flexibility index (Phi) is 7.31. The molecule has 0 saturated heterocycles. The van der Waals surface area contributed by atoms with Gasteiger partial charge in [0, 0.05) is 19.1 Å². The molecule has 0 radical (unpaired) electrons. The number of nitrogens with zero attached hydrogens (tertiary/aromatic N) is 1. The predicted molar refractivity (Wildman–Crippen MR) is 87.4 cm³/mol. The van der Waals surface area contributed by atoms with E-state index in [-0.39, 0.29) is 6.04 Å². The van der Waals surface area contributed by atoms with Crippen molar-refractivity contribution < 1.29 is 8.42 Å². The fourth-order valence-electron chi connectivity index (χ4n) is 2.34.